The summed E-state index contributed by atoms with van der Waals surface area (Å²) in [6.45, 7) is 7.43. The summed E-state index contributed by atoms with van der Waals surface area (Å²) >= 11 is 1.83. The molecule has 0 spiro atoms. The van der Waals surface area contributed by atoms with Crippen molar-refractivity contribution in [2.24, 2.45) is 0 Å². The highest BCUT2D eigenvalue weighted by atomic mass is 32.1. The molecule has 2 nitrogen and oxygen atoms in total. The average Bonchev–Trinajstić information content (AvgIpc) is 3.05. The molecule has 0 radical (unpaired) electrons. The van der Waals surface area contributed by atoms with Crippen molar-refractivity contribution in [3.8, 4) is 5.75 Å². The zero-order valence-electron chi connectivity index (χ0n) is 13.0. The fourth-order valence-electron chi connectivity index (χ4n) is 2.95. The SMILES string of the molecule is CCC(NCc1ccc2c(c1)CC(C)(C)O2)c1cccs1. The lowest BCUT2D eigenvalue weighted by molar-refractivity contribution is 0.138. The standard InChI is InChI=1S/C18H23NOS/c1-4-15(17-6-5-9-21-17)19-12-13-7-8-16-14(10-13)11-18(2,3)20-16/h5-10,15,19H,4,11-12H2,1-3H3. The zero-order chi connectivity index (χ0) is 14.9. The third-order valence-electron chi connectivity index (χ3n) is 3.97. The molecule has 0 bridgehead atoms. The topological polar surface area (TPSA) is 21.3 Å². The van der Waals surface area contributed by atoms with E-state index in [0.29, 0.717) is 6.04 Å². The van der Waals surface area contributed by atoms with Crippen LogP contribution in [0.3, 0.4) is 0 Å². The molecule has 0 saturated heterocycles. The Kier molecular flexibility index (Phi) is 4.05. The summed E-state index contributed by atoms with van der Waals surface area (Å²) in [5.41, 5.74) is 2.62. The maximum atomic E-state index is 5.94. The molecule has 2 aromatic rings. The number of rotatable bonds is 5. The van der Waals surface area contributed by atoms with Gasteiger partial charge in [0.2, 0.25) is 0 Å². The molecule has 112 valence electrons. The van der Waals surface area contributed by atoms with Gasteiger partial charge in [0.1, 0.15) is 11.4 Å². The Bertz CT molecular complexity index is 604. The van der Waals surface area contributed by atoms with E-state index in [4.69, 9.17) is 4.74 Å². The monoisotopic (exact) mass is 301 g/mol. The van der Waals surface area contributed by atoms with Crippen molar-refractivity contribution in [1.82, 2.24) is 5.32 Å². The predicted octanol–water partition coefficient (Wildman–Crippen LogP) is 4.70. The minimum atomic E-state index is -0.0582. The number of hydrogen-bond acceptors (Lipinski definition) is 3. The number of thiophene rings is 1. The van der Waals surface area contributed by atoms with Crippen molar-refractivity contribution >= 4 is 11.3 Å². The van der Waals surface area contributed by atoms with Crippen LogP contribution in [0.4, 0.5) is 0 Å². The van der Waals surface area contributed by atoms with Gasteiger partial charge < -0.3 is 10.1 Å². The Balaban J connectivity index is 1.67. The highest BCUT2D eigenvalue weighted by Crippen LogP contribution is 2.35. The third-order valence-corrected chi connectivity index (χ3v) is 4.96. The van der Waals surface area contributed by atoms with Gasteiger partial charge in [-0.05, 0) is 48.9 Å². The van der Waals surface area contributed by atoms with Gasteiger partial charge in [0.25, 0.3) is 0 Å². The number of benzene rings is 1. The minimum absolute atomic E-state index is 0.0582. The van der Waals surface area contributed by atoms with E-state index in [9.17, 15) is 0 Å². The Labute approximate surface area is 131 Å². The maximum absolute atomic E-state index is 5.94. The first-order valence-corrected chi connectivity index (χ1v) is 8.53. The zero-order valence-corrected chi connectivity index (χ0v) is 13.8. The highest BCUT2D eigenvalue weighted by Gasteiger charge is 2.29. The maximum Gasteiger partial charge on any atom is 0.123 e. The van der Waals surface area contributed by atoms with Crippen LogP contribution >= 0.6 is 11.3 Å². The van der Waals surface area contributed by atoms with Crippen molar-refractivity contribution in [1.29, 1.82) is 0 Å². The first-order valence-electron chi connectivity index (χ1n) is 7.65. The van der Waals surface area contributed by atoms with Crippen LogP contribution in [0.2, 0.25) is 0 Å². The van der Waals surface area contributed by atoms with E-state index in [2.05, 4.69) is 61.8 Å². The summed E-state index contributed by atoms with van der Waals surface area (Å²) in [4.78, 5) is 1.42. The van der Waals surface area contributed by atoms with Gasteiger partial charge in [0, 0.05) is 23.9 Å². The molecule has 0 amide bonds. The molecule has 1 unspecified atom stereocenters. The van der Waals surface area contributed by atoms with E-state index in [-0.39, 0.29) is 5.60 Å². The molecule has 21 heavy (non-hydrogen) atoms. The highest BCUT2D eigenvalue weighted by molar-refractivity contribution is 7.10. The summed E-state index contributed by atoms with van der Waals surface area (Å²) in [5, 5.41) is 5.82. The van der Waals surface area contributed by atoms with Crippen LogP contribution < -0.4 is 10.1 Å². The lowest BCUT2D eigenvalue weighted by atomic mass is 10.00. The predicted molar refractivity (Wildman–Crippen MR) is 89.0 cm³/mol. The van der Waals surface area contributed by atoms with Gasteiger partial charge in [-0.25, -0.2) is 0 Å². The second-order valence-corrected chi connectivity index (χ2v) is 7.32. The van der Waals surface area contributed by atoms with Crippen molar-refractivity contribution in [3.05, 3.63) is 51.7 Å². The van der Waals surface area contributed by atoms with Gasteiger partial charge >= 0.3 is 0 Å². The molecule has 2 heterocycles. The van der Waals surface area contributed by atoms with Gasteiger partial charge in [0.15, 0.2) is 0 Å². The lowest BCUT2D eigenvalue weighted by Gasteiger charge is -2.16. The number of nitrogens with one attached hydrogen (secondary N) is 1. The van der Waals surface area contributed by atoms with Crippen molar-refractivity contribution < 1.29 is 4.74 Å². The van der Waals surface area contributed by atoms with Crippen LogP contribution in [0.25, 0.3) is 0 Å². The molecule has 1 aliphatic heterocycles. The third kappa shape index (κ3) is 3.30. The molecule has 0 saturated carbocycles. The van der Waals surface area contributed by atoms with Crippen LogP contribution in [-0.2, 0) is 13.0 Å². The van der Waals surface area contributed by atoms with E-state index in [1.807, 2.05) is 11.3 Å². The lowest BCUT2D eigenvalue weighted by Crippen LogP contribution is -2.24. The normalized spacial score (nSPS) is 17.3. The first-order chi connectivity index (χ1) is 10.1. The first kappa shape index (κ1) is 14.6. The van der Waals surface area contributed by atoms with Gasteiger partial charge in [-0.2, -0.15) is 0 Å². The van der Waals surface area contributed by atoms with Crippen LogP contribution in [0.5, 0.6) is 5.75 Å². The van der Waals surface area contributed by atoms with E-state index in [0.717, 1.165) is 25.1 Å². The molecule has 1 aromatic carbocycles. The number of fused-ring (bicyclic) bond motifs is 1. The second-order valence-electron chi connectivity index (χ2n) is 6.34. The van der Waals surface area contributed by atoms with Crippen molar-refractivity contribution in [2.45, 2.75) is 51.8 Å². The Morgan fingerprint density at radius 1 is 1.33 bits per heavy atom. The van der Waals surface area contributed by atoms with E-state index < -0.39 is 0 Å². The van der Waals surface area contributed by atoms with Gasteiger partial charge in [0.05, 0.1) is 0 Å². The molecule has 1 N–H and O–H groups in total. The fourth-order valence-corrected chi connectivity index (χ4v) is 3.84. The van der Waals surface area contributed by atoms with E-state index in [1.54, 1.807) is 0 Å². The largest absolute Gasteiger partial charge is 0.487 e. The molecule has 3 heteroatoms. The Morgan fingerprint density at radius 3 is 2.90 bits per heavy atom. The summed E-state index contributed by atoms with van der Waals surface area (Å²) in [5.74, 6) is 1.05. The van der Waals surface area contributed by atoms with Crippen LogP contribution in [0, 0.1) is 0 Å². The fraction of sp³-hybridized carbons (Fsp3) is 0.444. The quantitative estimate of drug-likeness (QED) is 0.864. The van der Waals surface area contributed by atoms with E-state index in [1.165, 1.54) is 16.0 Å². The summed E-state index contributed by atoms with van der Waals surface area (Å²) in [7, 11) is 0. The van der Waals surface area contributed by atoms with Crippen molar-refractivity contribution in [3.63, 3.8) is 0 Å². The van der Waals surface area contributed by atoms with Crippen LogP contribution in [0.1, 0.15) is 49.2 Å². The molecule has 3 rings (SSSR count). The number of hydrogen-bond donors (Lipinski definition) is 1. The summed E-state index contributed by atoms with van der Waals surface area (Å²) in [6.07, 6.45) is 2.11. The Morgan fingerprint density at radius 2 is 2.19 bits per heavy atom. The second kappa shape index (κ2) is 5.82. The van der Waals surface area contributed by atoms with Crippen LogP contribution in [0.15, 0.2) is 35.7 Å². The van der Waals surface area contributed by atoms with E-state index >= 15 is 0 Å². The summed E-state index contributed by atoms with van der Waals surface area (Å²) < 4.78 is 5.94. The van der Waals surface area contributed by atoms with Gasteiger partial charge in [-0.15, -0.1) is 11.3 Å². The smallest absolute Gasteiger partial charge is 0.123 e. The molecule has 1 atom stereocenters. The Hall–Kier alpha value is -1.32. The molecule has 0 aliphatic carbocycles. The molecule has 0 fully saturated rings. The molecular formula is C18H23NOS. The summed E-state index contributed by atoms with van der Waals surface area (Å²) in [6, 6.07) is 11.4. The molecule has 1 aromatic heterocycles. The van der Waals surface area contributed by atoms with Gasteiger partial charge in [-0.1, -0.05) is 25.1 Å². The minimum Gasteiger partial charge on any atom is -0.487 e. The van der Waals surface area contributed by atoms with Crippen molar-refractivity contribution in [2.75, 3.05) is 0 Å². The van der Waals surface area contributed by atoms with Crippen LogP contribution in [-0.4, -0.2) is 5.60 Å². The number of ether oxygens (including phenoxy) is 1. The molecule has 1 aliphatic rings. The molecular weight excluding hydrogens is 278 g/mol. The average molecular weight is 301 g/mol. The van der Waals surface area contributed by atoms with Gasteiger partial charge in [-0.3, -0.25) is 0 Å².